The summed E-state index contributed by atoms with van der Waals surface area (Å²) in [4.78, 5) is 41.8. The van der Waals surface area contributed by atoms with Crippen molar-refractivity contribution in [3.05, 3.63) is 83.4 Å². The van der Waals surface area contributed by atoms with Gasteiger partial charge >= 0.3 is 0 Å². The molecule has 5 aliphatic rings. The number of carbonyl (C=O) groups excluding carboxylic acids is 2. The van der Waals surface area contributed by atoms with E-state index in [0.29, 0.717) is 29.1 Å². The van der Waals surface area contributed by atoms with Gasteiger partial charge in [-0.25, -0.2) is 0 Å². The number of likely N-dealkylation sites (N-methyl/N-ethyl adjacent to an activating group) is 1. The third-order valence-corrected chi connectivity index (χ3v) is 14.4. The minimum absolute atomic E-state index is 0.0348. The molecule has 8 rings (SSSR count). The van der Waals surface area contributed by atoms with Crippen molar-refractivity contribution in [2.45, 2.75) is 83.8 Å². The van der Waals surface area contributed by atoms with Gasteiger partial charge in [-0.2, -0.15) is 5.06 Å². The summed E-state index contributed by atoms with van der Waals surface area (Å²) in [7, 11) is 7.70. The number of aliphatic hydroxyl groups is 2. The summed E-state index contributed by atoms with van der Waals surface area (Å²) in [5, 5.41) is 29.9. The van der Waals surface area contributed by atoms with Gasteiger partial charge in [0.15, 0.2) is 0 Å². The van der Waals surface area contributed by atoms with Gasteiger partial charge in [0, 0.05) is 87.2 Å². The van der Waals surface area contributed by atoms with Crippen LogP contribution in [0.4, 0.5) is 5.69 Å². The summed E-state index contributed by atoms with van der Waals surface area (Å²) in [5.41, 5.74) is 5.23. The average Bonchev–Trinajstić information content (AvgIpc) is 3.61. The topological polar surface area (TPSA) is 130 Å². The summed E-state index contributed by atoms with van der Waals surface area (Å²) in [6, 6.07) is 21.2. The summed E-state index contributed by atoms with van der Waals surface area (Å²) in [6.45, 7) is 13.1. The Balaban J connectivity index is 1.15. The van der Waals surface area contributed by atoms with Crippen LogP contribution in [0.3, 0.4) is 0 Å². The Hall–Kier alpha value is -4.04. The molecule has 2 aliphatic heterocycles. The van der Waals surface area contributed by atoms with Gasteiger partial charge in [0.2, 0.25) is 5.91 Å². The number of aliphatic hydroxyl groups excluding tert-OH is 2. The molecule has 3 aliphatic carbocycles. The number of anilines is 1. The number of piperazine rings is 1. The zero-order valence-corrected chi connectivity index (χ0v) is 36.9. The number of benzene rings is 3. The molecule has 60 heavy (non-hydrogen) atoms. The number of fused-ring (bicyclic) bond motifs is 2. The minimum atomic E-state index is -0.903. The number of methoxy groups -OCH3 is 1. The van der Waals surface area contributed by atoms with Crippen LogP contribution < -0.4 is 20.3 Å². The van der Waals surface area contributed by atoms with E-state index in [-0.39, 0.29) is 42.5 Å². The van der Waals surface area contributed by atoms with Gasteiger partial charge in [-0.05, 0) is 85.7 Å². The van der Waals surface area contributed by atoms with E-state index in [1.165, 1.54) is 12.0 Å². The van der Waals surface area contributed by atoms with Crippen molar-refractivity contribution in [3.8, 4) is 16.9 Å². The molecule has 2 bridgehead atoms. The number of hydrogen-bond acceptors (Lipinski definition) is 10. The molecule has 2 saturated heterocycles. The van der Waals surface area contributed by atoms with Crippen molar-refractivity contribution in [1.29, 1.82) is 0 Å². The Labute approximate surface area is 357 Å². The lowest BCUT2D eigenvalue weighted by Crippen LogP contribution is -2.62. The molecule has 326 valence electrons. The molecule has 9 atom stereocenters. The third-order valence-electron chi connectivity index (χ3n) is 14.4. The lowest BCUT2D eigenvalue weighted by Gasteiger charge is -2.62. The predicted octanol–water partition coefficient (Wildman–Crippen LogP) is 4.68. The first kappa shape index (κ1) is 44.0. The second-order valence-electron chi connectivity index (χ2n) is 18.9. The maximum Gasteiger partial charge on any atom is 0.251 e. The van der Waals surface area contributed by atoms with Crippen molar-refractivity contribution in [2.75, 3.05) is 72.5 Å². The maximum atomic E-state index is 14.4. The highest BCUT2D eigenvalue weighted by Gasteiger charge is 2.57. The Bertz CT molecular complexity index is 1950. The zero-order chi connectivity index (χ0) is 42.9. The highest BCUT2D eigenvalue weighted by molar-refractivity contribution is 5.97. The maximum absolute atomic E-state index is 14.4. The molecule has 3 aromatic carbocycles. The van der Waals surface area contributed by atoms with Crippen molar-refractivity contribution in [3.63, 3.8) is 0 Å². The molecule has 2 heterocycles. The molecule has 5 fully saturated rings. The molecule has 0 radical (unpaired) electrons. The number of amides is 2. The van der Waals surface area contributed by atoms with Gasteiger partial charge in [-0.15, -0.1) is 0 Å². The Kier molecular flexibility index (Phi) is 13.6. The van der Waals surface area contributed by atoms with Crippen LogP contribution in [0, 0.1) is 29.1 Å². The van der Waals surface area contributed by atoms with Crippen molar-refractivity contribution in [1.82, 2.24) is 25.5 Å². The van der Waals surface area contributed by atoms with E-state index < -0.39 is 24.2 Å². The van der Waals surface area contributed by atoms with E-state index in [0.717, 1.165) is 67.9 Å². The second kappa shape index (κ2) is 18.5. The van der Waals surface area contributed by atoms with Gasteiger partial charge in [0.1, 0.15) is 17.9 Å². The number of para-hydroxylation sites is 1. The molecular formula is C48H68N6O6. The van der Waals surface area contributed by atoms with Crippen LogP contribution in [0.25, 0.3) is 11.1 Å². The van der Waals surface area contributed by atoms with E-state index in [1.54, 1.807) is 19.1 Å². The van der Waals surface area contributed by atoms with Crippen LogP contribution >= 0.6 is 0 Å². The van der Waals surface area contributed by atoms with E-state index >= 15 is 0 Å². The molecule has 3 saturated carbocycles. The lowest BCUT2D eigenvalue weighted by atomic mass is 9.45. The van der Waals surface area contributed by atoms with Crippen molar-refractivity contribution >= 4 is 17.5 Å². The van der Waals surface area contributed by atoms with Crippen LogP contribution in [0.1, 0.15) is 62.0 Å². The number of rotatable bonds is 15. The Morgan fingerprint density at radius 3 is 2.38 bits per heavy atom. The van der Waals surface area contributed by atoms with Gasteiger partial charge in [-0.3, -0.25) is 19.3 Å². The largest absolute Gasteiger partial charge is 0.496 e. The fourth-order valence-electron chi connectivity index (χ4n) is 10.7. The summed E-state index contributed by atoms with van der Waals surface area (Å²) < 4.78 is 6.16. The molecule has 0 aromatic heterocycles. The van der Waals surface area contributed by atoms with Crippen LogP contribution in [0.2, 0.25) is 0 Å². The summed E-state index contributed by atoms with van der Waals surface area (Å²) in [6.07, 6.45) is 1.19. The average molecular weight is 825 g/mol. The molecule has 12 nitrogen and oxygen atoms in total. The number of nitrogens with zero attached hydrogens (tertiary/aromatic N) is 4. The minimum Gasteiger partial charge on any atom is -0.496 e. The number of nitrogens with one attached hydrogen (secondary N) is 2. The first-order valence-corrected chi connectivity index (χ1v) is 22.0. The molecule has 12 heteroatoms. The van der Waals surface area contributed by atoms with Crippen molar-refractivity contribution < 1.29 is 29.4 Å². The molecule has 3 aromatic rings. The van der Waals surface area contributed by atoms with Crippen LogP contribution in [0.5, 0.6) is 5.75 Å². The fraction of sp³-hybridized carbons (Fsp3) is 0.583. The smallest absolute Gasteiger partial charge is 0.251 e. The second-order valence-corrected chi connectivity index (χ2v) is 18.9. The van der Waals surface area contributed by atoms with Crippen LogP contribution in [-0.2, 0) is 22.6 Å². The van der Waals surface area contributed by atoms with E-state index in [9.17, 15) is 19.8 Å². The normalized spacial score (nSPS) is 27.7. The monoisotopic (exact) mass is 825 g/mol. The Morgan fingerprint density at radius 2 is 1.75 bits per heavy atom. The van der Waals surface area contributed by atoms with Gasteiger partial charge in [0.25, 0.3) is 5.91 Å². The first-order chi connectivity index (χ1) is 28.7. The van der Waals surface area contributed by atoms with Gasteiger partial charge in [0.05, 0.1) is 26.4 Å². The Morgan fingerprint density at radius 1 is 1.02 bits per heavy atom. The standard InChI is InChI=1S/C48H68N6O6/c1-30-40-25-36(48(40,3)4)26-41(30)50-47(58)44-43(31(2)56)42(29-55)60-54(44)27-33-15-12-16-39(45(33)59-8)34-22-35(24-38(23-34)51(5)6)46(57)49-37(21-32-13-10-9-11-14-32)28-53-19-17-52(7)18-20-53/h9-16,22-24,30-31,36-37,40-44,55-56H,17-21,25-29H2,1-8H3,(H,49,57)(H,50,58)/t30-,31-,36-,37+,40+,41-,42-,43+,44-/m0/s1. The van der Waals surface area contributed by atoms with Crippen LogP contribution in [-0.4, -0.2) is 135 Å². The fourth-order valence-corrected chi connectivity index (χ4v) is 10.7. The van der Waals surface area contributed by atoms with Crippen molar-refractivity contribution in [2.24, 2.45) is 29.1 Å². The highest BCUT2D eigenvalue weighted by Crippen LogP contribution is 2.61. The SMILES string of the molecule is COc1c(CN2O[C@@H](CO)[C@@H]([C@H](C)O)[C@H]2C(=O)N[C@H]2C[C@@H]3C[C@H]([C@@H]2C)C3(C)C)cccc1-c1cc(C(=O)N[C@H](Cc2ccccc2)CN2CCN(C)CC2)cc(N(C)C)c1. The highest BCUT2D eigenvalue weighted by atomic mass is 16.7. The van der Waals surface area contributed by atoms with Gasteiger partial charge in [-0.1, -0.05) is 69.3 Å². The molecule has 0 spiro atoms. The molecule has 4 N–H and O–H groups in total. The summed E-state index contributed by atoms with van der Waals surface area (Å²) in [5.74, 6) is 1.05. The predicted molar refractivity (Wildman–Crippen MR) is 236 cm³/mol. The number of hydroxylamine groups is 2. The van der Waals surface area contributed by atoms with Crippen LogP contribution in [0.15, 0.2) is 66.7 Å². The molecular weight excluding hydrogens is 757 g/mol. The zero-order valence-electron chi connectivity index (χ0n) is 36.9. The quantitative estimate of drug-likeness (QED) is 0.172. The van der Waals surface area contributed by atoms with E-state index in [2.05, 4.69) is 66.5 Å². The number of ether oxygens (including phenoxy) is 1. The first-order valence-electron chi connectivity index (χ1n) is 22.0. The summed E-state index contributed by atoms with van der Waals surface area (Å²) >= 11 is 0. The van der Waals surface area contributed by atoms with E-state index in [1.807, 2.05) is 67.5 Å². The van der Waals surface area contributed by atoms with E-state index in [4.69, 9.17) is 9.57 Å². The molecule has 0 unspecified atom stereocenters. The number of carbonyl (C=O) groups is 2. The lowest BCUT2D eigenvalue weighted by molar-refractivity contribution is -0.183. The number of hydrogen-bond donors (Lipinski definition) is 4. The van der Waals surface area contributed by atoms with Gasteiger partial charge < -0.3 is 35.4 Å². The third kappa shape index (κ3) is 9.24. The molecule has 2 amide bonds.